The summed E-state index contributed by atoms with van der Waals surface area (Å²) in [6.07, 6.45) is 0. The van der Waals surface area contributed by atoms with Gasteiger partial charge in [0, 0.05) is 15.4 Å². The number of rotatable bonds is 3. The predicted molar refractivity (Wildman–Crippen MR) is 129 cm³/mol. The summed E-state index contributed by atoms with van der Waals surface area (Å²) < 4.78 is 6.78. The first-order chi connectivity index (χ1) is 15.1. The molecule has 4 heteroatoms. The van der Waals surface area contributed by atoms with Crippen LogP contribution in [0.5, 0.6) is 5.75 Å². The van der Waals surface area contributed by atoms with Crippen molar-refractivity contribution in [2.24, 2.45) is 0 Å². The van der Waals surface area contributed by atoms with Crippen LogP contribution < -0.4 is 4.74 Å². The molecule has 0 unspecified atom stereocenters. The minimum absolute atomic E-state index is 0.397. The van der Waals surface area contributed by atoms with Gasteiger partial charge in [-0.25, -0.2) is 9.78 Å². The lowest BCUT2D eigenvalue weighted by Crippen LogP contribution is -2.10. The Labute approximate surface area is 188 Å². The van der Waals surface area contributed by atoms with Crippen molar-refractivity contribution in [3.8, 4) is 17.0 Å². The van der Waals surface area contributed by atoms with E-state index in [2.05, 4.69) is 15.9 Å². The first kappa shape index (κ1) is 19.5. The number of hydrogen-bond acceptors (Lipinski definition) is 3. The Bertz CT molecular complexity index is 1440. The molecule has 0 N–H and O–H groups in total. The zero-order valence-electron chi connectivity index (χ0n) is 16.8. The maximum absolute atomic E-state index is 13.3. The zero-order chi connectivity index (χ0) is 21.4. The van der Waals surface area contributed by atoms with Crippen LogP contribution >= 0.6 is 15.9 Å². The van der Waals surface area contributed by atoms with Gasteiger partial charge in [-0.15, -0.1) is 0 Å². The van der Waals surface area contributed by atoms with Crippen LogP contribution in [-0.4, -0.2) is 11.0 Å². The molecule has 0 aliphatic heterocycles. The van der Waals surface area contributed by atoms with Gasteiger partial charge in [-0.1, -0.05) is 70.0 Å². The van der Waals surface area contributed by atoms with Gasteiger partial charge in [0.1, 0.15) is 5.75 Å². The third-order valence-electron chi connectivity index (χ3n) is 5.26. The lowest BCUT2D eigenvalue weighted by Gasteiger charge is -2.11. The van der Waals surface area contributed by atoms with Gasteiger partial charge in [0.2, 0.25) is 0 Å². The van der Waals surface area contributed by atoms with E-state index in [4.69, 9.17) is 9.72 Å². The van der Waals surface area contributed by atoms with Crippen LogP contribution in [0.25, 0.3) is 32.9 Å². The van der Waals surface area contributed by atoms with Crippen LogP contribution in [0.3, 0.4) is 0 Å². The first-order valence-corrected chi connectivity index (χ1v) is 10.7. The minimum Gasteiger partial charge on any atom is -0.423 e. The third kappa shape index (κ3) is 3.94. The molecule has 0 aliphatic carbocycles. The monoisotopic (exact) mass is 467 g/mol. The van der Waals surface area contributed by atoms with Crippen molar-refractivity contribution in [1.29, 1.82) is 0 Å². The fourth-order valence-corrected chi connectivity index (χ4v) is 3.93. The summed E-state index contributed by atoms with van der Waals surface area (Å²) >= 11 is 3.46. The Morgan fingerprint density at radius 2 is 1.61 bits per heavy atom. The molecule has 3 nitrogen and oxygen atoms in total. The van der Waals surface area contributed by atoms with E-state index >= 15 is 0 Å². The highest BCUT2D eigenvalue weighted by Crippen LogP contribution is 2.28. The molecule has 0 amide bonds. The quantitative estimate of drug-likeness (QED) is 0.205. The summed E-state index contributed by atoms with van der Waals surface area (Å²) in [5, 5.41) is 2.91. The van der Waals surface area contributed by atoms with Crippen molar-refractivity contribution in [2.75, 3.05) is 0 Å². The highest BCUT2D eigenvalue weighted by atomic mass is 79.9. The van der Waals surface area contributed by atoms with E-state index in [0.717, 1.165) is 43.0 Å². The second-order valence-corrected chi connectivity index (χ2v) is 8.40. The Morgan fingerprint density at radius 3 is 2.42 bits per heavy atom. The average Bonchev–Trinajstić information content (AvgIpc) is 2.79. The third-order valence-corrected chi connectivity index (χ3v) is 5.78. The van der Waals surface area contributed by atoms with Crippen LogP contribution in [-0.2, 0) is 0 Å². The van der Waals surface area contributed by atoms with Crippen LogP contribution in [0.2, 0.25) is 0 Å². The number of ether oxygens (including phenoxy) is 1. The number of carbonyl (C=O) groups excluding carboxylic acids is 1. The van der Waals surface area contributed by atoms with Crippen molar-refractivity contribution >= 4 is 43.6 Å². The number of esters is 1. The fraction of sp³-hybridized carbons (Fsp3) is 0.0370. The number of pyridine rings is 1. The van der Waals surface area contributed by atoms with Crippen LogP contribution in [0.1, 0.15) is 15.9 Å². The van der Waals surface area contributed by atoms with E-state index in [0.29, 0.717) is 11.3 Å². The Morgan fingerprint density at radius 1 is 0.839 bits per heavy atom. The topological polar surface area (TPSA) is 39.2 Å². The van der Waals surface area contributed by atoms with Crippen LogP contribution in [0.15, 0.2) is 95.5 Å². The Hall–Kier alpha value is -3.50. The molecule has 1 aromatic heterocycles. The molecule has 0 aliphatic rings. The number of nitrogens with zero attached hydrogens (tertiary/aromatic N) is 1. The SMILES string of the molecule is Cc1ccc2nc(-c3ccc(Br)cc3)cc(C(=O)Oc3ccc4ccccc4c3)c2c1. The van der Waals surface area contributed by atoms with Crippen molar-refractivity contribution < 1.29 is 9.53 Å². The van der Waals surface area contributed by atoms with Gasteiger partial charge in [0.25, 0.3) is 0 Å². The average molecular weight is 468 g/mol. The normalized spacial score (nSPS) is 11.0. The largest absolute Gasteiger partial charge is 0.423 e. The number of carbonyl (C=O) groups is 1. The van der Waals surface area contributed by atoms with Crippen molar-refractivity contribution in [1.82, 2.24) is 4.98 Å². The lowest BCUT2D eigenvalue weighted by molar-refractivity contribution is 0.0737. The highest BCUT2D eigenvalue weighted by molar-refractivity contribution is 9.10. The van der Waals surface area contributed by atoms with Crippen LogP contribution in [0.4, 0.5) is 0 Å². The van der Waals surface area contributed by atoms with Gasteiger partial charge in [-0.3, -0.25) is 0 Å². The van der Waals surface area contributed by atoms with Crippen molar-refractivity contribution in [3.05, 3.63) is 107 Å². The molecule has 5 aromatic rings. The fourth-order valence-electron chi connectivity index (χ4n) is 3.67. The minimum atomic E-state index is -0.397. The number of benzene rings is 4. The zero-order valence-corrected chi connectivity index (χ0v) is 18.4. The molecule has 150 valence electrons. The first-order valence-electron chi connectivity index (χ1n) is 9.95. The standard InChI is InChI=1S/C27H18BrNO2/c1-17-6-13-25-23(14-17)24(16-26(29-25)19-7-10-21(28)11-8-19)27(30)31-22-12-9-18-4-2-3-5-20(18)15-22/h2-16H,1H3. The molecule has 0 fully saturated rings. The number of hydrogen-bond donors (Lipinski definition) is 0. The maximum Gasteiger partial charge on any atom is 0.344 e. The number of halogens is 1. The van der Waals surface area contributed by atoms with Crippen molar-refractivity contribution in [3.63, 3.8) is 0 Å². The molecule has 0 radical (unpaired) electrons. The molecular weight excluding hydrogens is 450 g/mol. The Kier molecular flexibility index (Phi) is 5.00. The summed E-state index contributed by atoms with van der Waals surface area (Å²) in [5.74, 6) is 0.123. The highest BCUT2D eigenvalue weighted by Gasteiger charge is 2.17. The molecule has 0 saturated heterocycles. The van der Waals surface area contributed by atoms with E-state index < -0.39 is 5.97 Å². The van der Waals surface area contributed by atoms with Crippen LogP contribution in [0, 0.1) is 6.92 Å². The van der Waals surface area contributed by atoms with E-state index in [1.54, 1.807) is 0 Å². The summed E-state index contributed by atoms with van der Waals surface area (Å²) in [4.78, 5) is 18.0. The number of aryl methyl sites for hydroxylation is 1. The van der Waals surface area contributed by atoms with Gasteiger partial charge >= 0.3 is 5.97 Å². The molecule has 5 rings (SSSR count). The molecule has 0 bridgehead atoms. The second-order valence-electron chi connectivity index (χ2n) is 7.48. The van der Waals surface area contributed by atoms with E-state index in [9.17, 15) is 4.79 Å². The number of aromatic nitrogens is 1. The Balaban J connectivity index is 1.59. The smallest absolute Gasteiger partial charge is 0.344 e. The molecule has 0 atom stereocenters. The molecule has 1 heterocycles. The molecule has 4 aromatic carbocycles. The predicted octanol–water partition coefficient (Wildman–Crippen LogP) is 7.35. The molecule has 0 saturated carbocycles. The lowest BCUT2D eigenvalue weighted by atomic mass is 10.0. The molecular formula is C27H18BrNO2. The second kappa shape index (κ2) is 7.97. The van der Waals surface area contributed by atoms with Gasteiger partial charge in [0.15, 0.2) is 0 Å². The van der Waals surface area contributed by atoms with E-state index in [1.165, 1.54) is 0 Å². The van der Waals surface area contributed by atoms with Crippen molar-refractivity contribution in [2.45, 2.75) is 6.92 Å². The summed E-state index contributed by atoms with van der Waals surface area (Å²) in [7, 11) is 0. The van der Waals surface area contributed by atoms with Gasteiger partial charge < -0.3 is 4.74 Å². The summed E-state index contributed by atoms with van der Waals surface area (Å²) in [5.41, 5.74) is 3.99. The molecule has 31 heavy (non-hydrogen) atoms. The van der Waals surface area contributed by atoms with Gasteiger partial charge in [-0.05, 0) is 60.2 Å². The molecule has 0 spiro atoms. The van der Waals surface area contributed by atoms with E-state index in [-0.39, 0.29) is 0 Å². The summed E-state index contributed by atoms with van der Waals surface area (Å²) in [6.45, 7) is 2.00. The van der Waals surface area contributed by atoms with Gasteiger partial charge in [-0.2, -0.15) is 0 Å². The van der Waals surface area contributed by atoms with E-state index in [1.807, 2.05) is 97.9 Å². The number of fused-ring (bicyclic) bond motifs is 2. The maximum atomic E-state index is 13.3. The summed E-state index contributed by atoms with van der Waals surface area (Å²) in [6, 6.07) is 29.3. The van der Waals surface area contributed by atoms with Gasteiger partial charge in [0.05, 0.1) is 16.8 Å².